The number of carbonyl (C=O) groups is 1. The Morgan fingerprint density at radius 1 is 1.46 bits per heavy atom. The van der Waals surface area contributed by atoms with Gasteiger partial charge in [0.25, 0.3) is 0 Å². The van der Waals surface area contributed by atoms with Crippen LogP contribution in [0.25, 0.3) is 6.08 Å². The number of nitrogens with zero attached hydrogens (tertiary/aromatic N) is 2. The number of aromatic hydroxyl groups is 1. The van der Waals surface area contributed by atoms with Crippen LogP contribution in [0.4, 0.5) is 0 Å². The number of unbranched alkanes of at least 4 members (excludes halogenated alkanes) is 1. The minimum atomic E-state index is -0.204. The maximum atomic E-state index is 12.3. The molecule has 0 bridgehead atoms. The lowest BCUT2D eigenvalue weighted by atomic mass is 10.1. The van der Waals surface area contributed by atoms with Gasteiger partial charge in [0, 0.05) is 17.7 Å². The van der Waals surface area contributed by atoms with E-state index in [1.165, 1.54) is 25.3 Å². The fourth-order valence-electron chi connectivity index (χ4n) is 2.30. The Balaban J connectivity index is 2.21. The van der Waals surface area contributed by atoms with E-state index in [0.717, 1.165) is 30.6 Å². The number of phenols is 1. The van der Waals surface area contributed by atoms with Gasteiger partial charge in [-0.15, -0.1) is 0 Å². The van der Waals surface area contributed by atoms with Crippen LogP contribution in [0, 0.1) is 6.92 Å². The highest BCUT2D eigenvalue weighted by Crippen LogP contribution is 2.27. The highest BCUT2D eigenvalue weighted by atomic mass is 35.5. The number of aryl methyl sites for hydroxylation is 2. The minimum Gasteiger partial charge on any atom is -0.504 e. The first-order valence-corrected chi connectivity index (χ1v) is 8.18. The van der Waals surface area contributed by atoms with Crippen molar-refractivity contribution in [3.63, 3.8) is 0 Å². The molecule has 2 rings (SSSR count). The van der Waals surface area contributed by atoms with Gasteiger partial charge in [0.15, 0.2) is 17.3 Å². The number of ether oxygens (including phenoxy) is 1. The van der Waals surface area contributed by atoms with Gasteiger partial charge in [-0.25, -0.2) is 0 Å². The second-order valence-electron chi connectivity index (χ2n) is 5.45. The summed E-state index contributed by atoms with van der Waals surface area (Å²) in [5.74, 6) is 0.0510. The Labute approximate surface area is 146 Å². The molecule has 0 saturated carbocycles. The van der Waals surface area contributed by atoms with Crippen molar-refractivity contribution in [2.45, 2.75) is 33.2 Å². The van der Waals surface area contributed by atoms with Gasteiger partial charge in [-0.3, -0.25) is 9.48 Å². The third kappa shape index (κ3) is 3.97. The highest BCUT2D eigenvalue weighted by Gasteiger charge is 2.12. The predicted molar refractivity (Wildman–Crippen MR) is 94.9 cm³/mol. The standard InChI is InChI=1S/C18H21ClN2O3/c1-4-5-10-21-18(19)14(12(2)20-21)7-9-15(22)13-6-8-16(23)17(11-13)24-3/h6-9,11,23H,4-5,10H2,1-3H3/b9-7+. The van der Waals surface area contributed by atoms with Crippen LogP contribution in [0.5, 0.6) is 11.5 Å². The number of hydrogen-bond donors (Lipinski definition) is 1. The summed E-state index contributed by atoms with van der Waals surface area (Å²) < 4.78 is 6.77. The largest absolute Gasteiger partial charge is 0.504 e. The molecule has 0 unspecified atom stereocenters. The first-order chi connectivity index (χ1) is 11.5. The molecule has 0 saturated heterocycles. The summed E-state index contributed by atoms with van der Waals surface area (Å²) >= 11 is 6.35. The fraction of sp³-hybridized carbons (Fsp3) is 0.333. The zero-order valence-electron chi connectivity index (χ0n) is 14.0. The van der Waals surface area contributed by atoms with Crippen molar-refractivity contribution < 1.29 is 14.6 Å². The molecule has 6 heteroatoms. The van der Waals surface area contributed by atoms with Crippen LogP contribution in [0.15, 0.2) is 24.3 Å². The second-order valence-corrected chi connectivity index (χ2v) is 5.81. The molecule has 0 aliphatic rings. The molecule has 0 aliphatic carbocycles. The van der Waals surface area contributed by atoms with E-state index in [0.29, 0.717) is 10.7 Å². The quantitative estimate of drug-likeness (QED) is 0.600. The van der Waals surface area contributed by atoms with E-state index in [1.54, 1.807) is 16.8 Å². The number of benzene rings is 1. The van der Waals surface area contributed by atoms with Crippen LogP contribution >= 0.6 is 11.6 Å². The number of allylic oxidation sites excluding steroid dienone is 1. The van der Waals surface area contributed by atoms with Crippen molar-refractivity contribution in [3.8, 4) is 11.5 Å². The molecule has 0 aliphatic heterocycles. The number of methoxy groups -OCH3 is 1. The maximum absolute atomic E-state index is 12.3. The summed E-state index contributed by atoms with van der Waals surface area (Å²) in [6, 6.07) is 4.48. The molecule has 1 heterocycles. The number of hydrogen-bond acceptors (Lipinski definition) is 4. The molecule has 1 aromatic heterocycles. The number of halogens is 1. The van der Waals surface area contributed by atoms with E-state index < -0.39 is 0 Å². The van der Waals surface area contributed by atoms with Crippen molar-refractivity contribution >= 4 is 23.5 Å². The molecule has 128 valence electrons. The number of ketones is 1. The molecular weight excluding hydrogens is 328 g/mol. The van der Waals surface area contributed by atoms with Crippen molar-refractivity contribution in [1.29, 1.82) is 0 Å². The van der Waals surface area contributed by atoms with Crippen molar-refractivity contribution in [3.05, 3.63) is 46.2 Å². The average Bonchev–Trinajstić information content (AvgIpc) is 2.84. The number of rotatable bonds is 7. The molecule has 0 fully saturated rings. The first-order valence-electron chi connectivity index (χ1n) is 7.80. The SMILES string of the molecule is CCCCn1nc(C)c(/C=C/C(=O)c2ccc(O)c(OC)c2)c1Cl. The molecule has 1 N–H and O–H groups in total. The fourth-order valence-corrected chi connectivity index (χ4v) is 2.62. The Kier molecular flexibility index (Phi) is 6.04. The lowest BCUT2D eigenvalue weighted by Gasteiger charge is -2.04. The monoisotopic (exact) mass is 348 g/mol. The van der Waals surface area contributed by atoms with Crippen LogP contribution in [0.1, 0.15) is 41.4 Å². The Bertz CT molecular complexity index is 766. The van der Waals surface area contributed by atoms with Gasteiger partial charge < -0.3 is 9.84 Å². The second kappa shape index (κ2) is 8.02. The normalized spacial score (nSPS) is 11.2. The van der Waals surface area contributed by atoms with Gasteiger partial charge >= 0.3 is 0 Å². The first kappa shape index (κ1) is 18.1. The highest BCUT2D eigenvalue weighted by molar-refractivity contribution is 6.31. The molecule has 5 nitrogen and oxygen atoms in total. The predicted octanol–water partition coefficient (Wildman–Crippen LogP) is 4.26. The van der Waals surface area contributed by atoms with Crippen LogP contribution < -0.4 is 4.74 Å². The summed E-state index contributed by atoms with van der Waals surface area (Å²) in [4.78, 5) is 12.3. The molecule has 1 aromatic carbocycles. The van der Waals surface area contributed by atoms with Gasteiger partial charge in [-0.1, -0.05) is 24.9 Å². The molecule has 0 atom stereocenters. The van der Waals surface area contributed by atoms with Crippen molar-refractivity contribution in [2.75, 3.05) is 7.11 Å². The summed E-state index contributed by atoms with van der Waals surface area (Å²) in [7, 11) is 1.44. The van der Waals surface area contributed by atoms with Crippen LogP contribution in [0.2, 0.25) is 5.15 Å². The van der Waals surface area contributed by atoms with Gasteiger partial charge in [0.1, 0.15) is 5.15 Å². The summed E-state index contributed by atoms with van der Waals surface area (Å²) in [5, 5.41) is 14.5. The Hall–Kier alpha value is -2.27. The van der Waals surface area contributed by atoms with E-state index in [1.807, 2.05) is 6.92 Å². The van der Waals surface area contributed by atoms with Crippen molar-refractivity contribution in [1.82, 2.24) is 9.78 Å². The maximum Gasteiger partial charge on any atom is 0.185 e. The zero-order chi connectivity index (χ0) is 17.7. The molecule has 0 amide bonds. The molecular formula is C18H21ClN2O3. The zero-order valence-corrected chi connectivity index (χ0v) is 14.8. The Morgan fingerprint density at radius 2 is 2.21 bits per heavy atom. The Morgan fingerprint density at radius 3 is 2.88 bits per heavy atom. The van der Waals surface area contributed by atoms with Crippen molar-refractivity contribution in [2.24, 2.45) is 0 Å². The third-order valence-electron chi connectivity index (χ3n) is 3.70. The van der Waals surface area contributed by atoms with E-state index >= 15 is 0 Å². The van der Waals surface area contributed by atoms with Gasteiger partial charge in [-0.2, -0.15) is 5.10 Å². The van der Waals surface area contributed by atoms with Gasteiger partial charge in [0.05, 0.1) is 12.8 Å². The third-order valence-corrected chi connectivity index (χ3v) is 4.10. The molecule has 2 aromatic rings. The molecule has 24 heavy (non-hydrogen) atoms. The van der Waals surface area contributed by atoms with Crippen LogP contribution in [0.3, 0.4) is 0 Å². The lowest BCUT2D eigenvalue weighted by molar-refractivity contribution is 0.104. The number of phenolic OH excluding ortho intramolecular Hbond substituents is 1. The average molecular weight is 349 g/mol. The molecule has 0 spiro atoms. The van der Waals surface area contributed by atoms with Gasteiger partial charge in [-0.05, 0) is 43.7 Å². The smallest absolute Gasteiger partial charge is 0.185 e. The van der Waals surface area contributed by atoms with E-state index in [9.17, 15) is 9.90 Å². The van der Waals surface area contributed by atoms with Gasteiger partial charge in [0.2, 0.25) is 0 Å². The topological polar surface area (TPSA) is 64.4 Å². The van der Waals surface area contributed by atoms with E-state index in [4.69, 9.17) is 16.3 Å². The van der Waals surface area contributed by atoms with E-state index in [-0.39, 0.29) is 17.3 Å². The summed E-state index contributed by atoms with van der Waals surface area (Å²) in [6.07, 6.45) is 5.18. The van der Waals surface area contributed by atoms with Crippen LogP contribution in [-0.2, 0) is 6.54 Å². The van der Waals surface area contributed by atoms with Crippen LogP contribution in [-0.4, -0.2) is 27.8 Å². The summed E-state index contributed by atoms with van der Waals surface area (Å²) in [6.45, 7) is 4.73. The number of aromatic nitrogens is 2. The number of carbonyl (C=O) groups excluding carboxylic acids is 1. The molecule has 0 radical (unpaired) electrons. The van der Waals surface area contributed by atoms with E-state index in [2.05, 4.69) is 12.0 Å². The summed E-state index contributed by atoms with van der Waals surface area (Å²) in [5.41, 5.74) is 1.95. The minimum absolute atomic E-state index is 0.00545. The lowest BCUT2D eigenvalue weighted by Crippen LogP contribution is -1.99.